The van der Waals surface area contributed by atoms with Crippen LogP contribution in [-0.4, -0.2) is 27.4 Å². The molecule has 0 fully saturated rings. The highest BCUT2D eigenvalue weighted by Crippen LogP contribution is 2.43. The molecule has 1 aliphatic rings. The molecule has 3 heteroatoms. The summed E-state index contributed by atoms with van der Waals surface area (Å²) in [5, 5.41) is 3.98. The van der Waals surface area contributed by atoms with Gasteiger partial charge in [-0.05, 0) is 55.2 Å². The van der Waals surface area contributed by atoms with E-state index in [1.54, 1.807) is 13.3 Å². The smallest absolute Gasteiger partial charge is 0.106 e. The van der Waals surface area contributed by atoms with Crippen molar-refractivity contribution in [1.29, 1.82) is 0 Å². The lowest BCUT2D eigenvalue weighted by atomic mass is 9.89. The molecule has 0 amide bonds. The number of benzene rings is 1. The van der Waals surface area contributed by atoms with E-state index in [1.807, 2.05) is 14.1 Å². The molecule has 0 aliphatic heterocycles. The first-order chi connectivity index (χ1) is 10.4. The van der Waals surface area contributed by atoms with E-state index in [0.29, 0.717) is 5.92 Å². The van der Waals surface area contributed by atoms with Crippen molar-refractivity contribution in [2.75, 3.05) is 26.1 Å². The van der Waals surface area contributed by atoms with Gasteiger partial charge in [0.05, 0.1) is 6.21 Å². The zero-order valence-electron chi connectivity index (χ0n) is 14.7. The number of anilines is 1. The molecule has 1 aliphatic carbocycles. The van der Waals surface area contributed by atoms with Crippen molar-refractivity contribution < 1.29 is 4.84 Å². The van der Waals surface area contributed by atoms with E-state index < -0.39 is 0 Å². The molecule has 1 aromatic carbocycles. The molecule has 0 spiro atoms. The Kier molecular flexibility index (Phi) is 4.74. The molecule has 0 saturated carbocycles. The van der Waals surface area contributed by atoms with Gasteiger partial charge >= 0.3 is 0 Å². The third-order valence-electron chi connectivity index (χ3n) is 4.78. The number of nitrogens with zero attached hydrogens (tertiary/aromatic N) is 2. The SMILES string of the molecule is CON=Cc1cc(N(C)C)ccc1C1=C(C)C(C)=C(C)C1C. The van der Waals surface area contributed by atoms with Gasteiger partial charge < -0.3 is 9.74 Å². The van der Waals surface area contributed by atoms with E-state index in [1.165, 1.54) is 27.9 Å². The van der Waals surface area contributed by atoms with Crippen LogP contribution in [0.5, 0.6) is 0 Å². The fourth-order valence-electron chi connectivity index (χ4n) is 3.09. The zero-order valence-corrected chi connectivity index (χ0v) is 14.7. The largest absolute Gasteiger partial charge is 0.399 e. The first kappa shape index (κ1) is 16.3. The van der Waals surface area contributed by atoms with Gasteiger partial charge in [0.25, 0.3) is 0 Å². The van der Waals surface area contributed by atoms with Gasteiger partial charge in [0.15, 0.2) is 0 Å². The summed E-state index contributed by atoms with van der Waals surface area (Å²) < 4.78 is 0. The molecular weight excluding hydrogens is 272 g/mol. The Balaban J connectivity index is 2.59. The van der Waals surface area contributed by atoms with Gasteiger partial charge in [-0.2, -0.15) is 0 Å². The van der Waals surface area contributed by atoms with Crippen molar-refractivity contribution in [1.82, 2.24) is 0 Å². The number of hydrogen-bond acceptors (Lipinski definition) is 3. The summed E-state index contributed by atoms with van der Waals surface area (Å²) in [5.74, 6) is 0.444. The van der Waals surface area contributed by atoms with E-state index in [0.717, 1.165) is 11.3 Å². The standard InChI is InChI=1S/C19H26N2O/c1-12-13(2)15(4)19(14(12)3)18-9-8-17(21(5)6)10-16(18)11-20-22-7/h8-11,14H,1-7H3. The van der Waals surface area contributed by atoms with Crippen molar-refractivity contribution in [2.45, 2.75) is 27.7 Å². The molecule has 1 unspecified atom stereocenters. The molecule has 0 aromatic heterocycles. The minimum Gasteiger partial charge on any atom is -0.399 e. The Labute approximate surface area is 134 Å². The minimum absolute atomic E-state index is 0.444. The first-order valence-corrected chi connectivity index (χ1v) is 7.65. The van der Waals surface area contributed by atoms with Crippen LogP contribution in [0, 0.1) is 5.92 Å². The van der Waals surface area contributed by atoms with Crippen LogP contribution in [0.4, 0.5) is 5.69 Å². The topological polar surface area (TPSA) is 24.8 Å². The molecule has 0 heterocycles. The zero-order chi connectivity index (χ0) is 16.4. The van der Waals surface area contributed by atoms with Gasteiger partial charge in [-0.25, -0.2) is 0 Å². The Morgan fingerprint density at radius 1 is 1.14 bits per heavy atom. The molecule has 1 aromatic rings. The fourth-order valence-corrected chi connectivity index (χ4v) is 3.09. The summed E-state index contributed by atoms with van der Waals surface area (Å²) in [6.07, 6.45) is 1.80. The Hall–Kier alpha value is -2.03. The van der Waals surface area contributed by atoms with Crippen LogP contribution < -0.4 is 4.90 Å². The van der Waals surface area contributed by atoms with E-state index in [4.69, 9.17) is 4.84 Å². The predicted octanol–water partition coefficient (Wildman–Crippen LogP) is 4.49. The van der Waals surface area contributed by atoms with Crippen molar-refractivity contribution in [3.05, 3.63) is 46.0 Å². The normalized spacial score (nSPS) is 18.6. The summed E-state index contributed by atoms with van der Waals surface area (Å²) in [6.45, 7) is 8.94. The number of rotatable bonds is 4. The number of hydrogen-bond donors (Lipinski definition) is 0. The predicted molar refractivity (Wildman–Crippen MR) is 95.5 cm³/mol. The highest BCUT2D eigenvalue weighted by molar-refractivity contribution is 5.93. The van der Waals surface area contributed by atoms with Crippen molar-refractivity contribution in [3.8, 4) is 0 Å². The number of oxime groups is 1. The molecule has 3 nitrogen and oxygen atoms in total. The molecule has 22 heavy (non-hydrogen) atoms. The minimum atomic E-state index is 0.444. The van der Waals surface area contributed by atoms with Crippen molar-refractivity contribution >= 4 is 17.5 Å². The van der Waals surface area contributed by atoms with Gasteiger partial charge in [-0.1, -0.05) is 23.7 Å². The quantitative estimate of drug-likeness (QED) is 0.604. The molecule has 0 radical (unpaired) electrons. The maximum absolute atomic E-state index is 4.89. The van der Waals surface area contributed by atoms with Gasteiger partial charge in [0.2, 0.25) is 0 Å². The Morgan fingerprint density at radius 2 is 1.82 bits per heavy atom. The van der Waals surface area contributed by atoms with Crippen LogP contribution >= 0.6 is 0 Å². The molecule has 2 rings (SSSR count). The monoisotopic (exact) mass is 298 g/mol. The van der Waals surface area contributed by atoms with Crippen molar-refractivity contribution in [2.24, 2.45) is 11.1 Å². The molecule has 0 bridgehead atoms. The summed E-state index contributed by atoms with van der Waals surface area (Å²) in [7, 11) is 5.67. The van der Waals surface area contributed by atoms with Gasteiger partial charge in [0, 0.05) is 31.3 Å². The van der Waals surface area contributed by atoms with Gasteiger partial charge in [-0.3, -0.25) is 0 Å². The molecule has 118 valence electrons. The van der Waals surface area contributed by atoms with Crippen LogP contribution in [0.3, 0.4) is 0 Å². The third-order valence-corrected chi connectivity index (χ3v) is 4.78. The third kappa shape index (κ3) is 2.80. The maximum Gasteiger partial charge on any atom is 0.106 e. The van der Waals surface area contributed by atoms with Crippen LogP contribution in [0.15, 0.2) is 40.1 Å². The average molecular weight is 298 g/mol. The Morgan fingerprint density at radius 3 is 2.32 bits per heavy atom. The second-order valence-electron chi connectivity index (χ2n) is 6.15. The highest BCUT2D eigenvalue weighted by Gasteiger charge is 2.26. The Bertz CT molecular complexity index is 666. The summed E-state index contributed by atoms with van der Waals surface area (Å²) >= 11 is 0. The van der Waals surface area contributed by atoms with E-state index in [9.17, 15) is 0 Å². The van der Waals surface area contributed by atoms with Gasteiger partial charge in [-0.15, -0.1) is 0 Å². The maximum atomic E-state index is 4.89. The second kappa shape index (κ2) is 6.39. The molecule has 1 atom stereocenters. The average Bonchev–Trinajstić information content (AvgIpc) is 2.69. The molecular formula is C19H26N2O. The van der Waals surface area contributed by atoms with Crippen LogP contribution in [0.1, 0.15) is 38.8 Å². The second-order valence-corrected chi connectivity index (χ2v) is 6.15. The lowest BCUT2D eigenvalue weighted by Gasteiger charge is -2.19. The van der Waals surface area contributed by atoms with E-state index in [2.05, 4.69) is 55.9 Å². The van der Waals surface area contributed by atoms with Crippen LogP contribution in [-0.2, 0) is 4.84 Å². The summed E-state index contributed by atoms with van der Waals surface area (Å²) in [4.78, 5) is 6.99. The first-order valence-electron chi connectivity index (χ1n) is 7.65. The van der Waals surface area contributed by atoms with Crippen LogP contribution in [0.25, 0.3) is 5.57 Å². The van der Waals surface area contributed by atoms with E-state index in [-0.39, 0.29) is 0 Å². The molecule has 0 N–H and O–H groups in total. The highest BCUT2D eigenvalue weighted by atomic mass is 16.6. The summed E-state index contributed by atoms with van der Waals surface area (Å²) in [6, 6.07) is 6.52. The van der Waals surface area contributed by atoms with Crippen LogP contribution in [0.2, 0.25) is 0 Å². The van der Waals surface area contributed by atoms with Crippen molar-refractivity contribution in [3.63, 3.8) is 0 Å². The lowest BCUT2D eigenvalue weighted by Crippen LogP contribution is -2.10. The number of allylic oxidation sites excluding steroid dienone is 4. The lowest BCUT2D eigenvalue weighted by molar-refractivity contribution is 0.215. The van der Waals surface area contributed by atoms with E-state index >= 15 is 0 Å². The molecule has 0 saturated heterocycles. The fraction of sp³-hybridized carbons (Fsp3) is 0.421. The summed E-state index contributed by atoms with van der Waals surface area (Å²) in [5.41, 5.74) is 9.15. The van der Waals surface area contributed by atoms with Gasteiger partial charge in [0.1, 0.15) is 7.11 Å².